The zero-order valence-corrected chi connectivity index (χ0v) is 23.1. The van der Waals surface area contributed by atoms with E-state index < -0.39 is 0 Å². The van der Waals surface area contributed by atoms with Gasteiger partial charge in [0.2, 0.25) is 0 Å². The van der Waals surface area contributed by atoms with Crippen molar-refractivity contribution in [2.24, 2.45) is 0 Å². The molecule has 2 aromatic rings. The van der Waals surface area contributed by atoms with Gasteiger partial charge in [0.05, 0.1) is 0 Å². The second-order valence-electron chi connectivity index (χ2n) is 10.1. The zero-order valence-electron chi connectivity index (χ0n) is 23.1. The molecule has 0 N–H and O–H groups in total. The standard InChI is InChI=1S/C33H52/c1-8-15-25-21-27(17-10-3)30(19-12-5)32(23-25)29(14-7)33-24-26(16-9-2)22-28(18-11-4)31(33)20-13-6/h21-24,29H,8-20H2,1-7H3. The van der Waals surface area contributed by atoms with Crippen LogP contribution in [0.1, 0.15) is 144 Å². The summed E-state index contributed by atoms with van der Waals surface area (Å²) in [4.78, 5) is 0. The largest absolute Gasteiger partial charge is 0.0651 e. The van der Waals surface area contributed by atoms with E-state index in [2.05, 4.69) is 72.7 Å². The fourth-order valence-electron chi connectivity index (χ4n) is 5.84. The molecule has 2 aromatic carbocycles. The predicted octanol–water partition coefficient (Wildman–Crippen LogP) is 9.94. The van der Waals surface area contributed by atoms with E-state index in [0.29, 0.717) is 5.92 Å². The summed E-state index contributed by atoms with van der Waals surface area (Å²) in [5.41, 5.74) is 13.0. The Hall–Kier alpha value is -1.56. The van der Waals surface area contributed by atoms with Crippen molar-refractivity contribution in [2.75, 3.05) is 0 Å². The van der Waals surface area contributed by atoms with E-state index in [1.54, 1.807) is 44.5 Å². The number of rotatable bonds is 15. The van der Waals surface area contributed by atoms with Crippen LogP contribution >= 0.6 is 0 Å². The topological polar surface area (TPSA) is 0 Å². The maximum Gasteiger partial charge on any atom is 0.00925 e. The number of hydrogen-bond acceptors (Lipinski definition) is 0. The van der Waals surface area contributed by atoms with E-state index in [0.717, 1.165) is 0 Å². The minimum absolute atomic E-state index is 0.521. The molecule has 0 aromatic heterocycles. The van der Waals surface area contributed by atoms with Crippen molar-refractivity contribution in [3.8, 4) is 0 Å². The van der Waals surface area contributed by atoms with Crippen molar-refractivity contribution in [3.63, 3.8) is 0 Å². The second-order valence-corrected chi connectivity index (χ2v) is 10.1. The summed E-state index contributed by atoms with van der Waals surface area (Å²) in [6.45, 7) is 16.4. The molecule has 0 heteroatoms. The van der Waals surface area contributed by atoms with E-state index in [4.69, 9.17) is 0 Å². The lowest BCUT2D eigenvalue weighted by atomic mass is 9.77. The normalized spacial score (nSPS) is 11.5. The van der Waals surface area contributed by atoms with Gasteiger partial charge < -0.3 is 0 Å². The molecule has 0 heterocycles. The summed E-state index contributed by atoms with van der Waals surface area (Å²) in [7, 11) is 0. The van der Waals surface area contributed by atoms with Gasteiger partial charge in [-0.1, -0.05) is 111 Å². The Morgan fingerprint density at radius 1 is 0.455 bits per heavy atom. The summed E-state index contributed by atoms with van der Waals surface area (Å²) in [6, 6.07) is 10.3. The molecule has 0 aliphatic heterocycles. The molecule has 0 radical (unpaired) electrons. The number of aryl methyl sites for hydroxylation is 4. The van der Waals surface area contributed by atoms with Crippen molar-refractivity contribution >= 4 is 0 Å². The fraction of sp³-hybridized carbons (Fsp3) is 0.636. The first kappa shape index (κ1) is 27.7. The van der Waals surface area contributed by atoms with Crippen LogP contribution in [0.5, 0.6) is 0 Å². The predicted molar refractivity (Wildman–Crippen MR) is 149 cm³/mol. The average molecular weight is 449 g/mol. The molecule has 0 unspecified atom stereocenters. The van der Waals surface area contributed by atoms with Crippen molar-refractivity contribution in [1.82, 2.24) is 0 Å². The summed E-state index contributed by atoms with van der Waals surface area (Å²) < 4.78 is 0. The molecular weight excluding hydrogens is 396 g/mol. The maximum atomic E-state index is 2.61. The first-order valence-corrected chi connectivity index (χ1v) is 14.4. The quantitative estimate of drug-likeness (QED) is 0.254. The van der Waals surface area contributed by atoms with Gasteiger partial charge in [0, 0.05) is 5.92 Å². The molecule has 0 fully saturated rings. The summed E-state index contributed by atoms with van der Waals surface area (Å²) in [5, 5.41) is 0. The molecule has 0 nitrogen and oxygen atoms in total. The Balaban J connectivity index is 2.81. The van der Waals surface area contributed by atoms with Crippen molar-refractivity contribution in [2.45, 2.75) is 138 Å². The third kappa shape index (κ3) is 7.21. The van der Waals surface area contributed by atoms with Crippen LogP contribution in [0.3, 0.4) is 0 Å². The lowest BCUT2D eigenvalue weighted by Gasteiger charge is -2.28. The van der Waals surface area contributed by atoms with Gasteiger partial charge in [0.1, 0.15) is 0 Å². The smallest absolute Gasteiger partial charge is 0.00925 e. The Bertz CT molecular complexity index is 772. The van der Waals surface area contributed by atoms with E-state index in [1.807, 2.05) is 0 Å². The SMILES string of the molecule is CCCc1cc(CCC)c(CCC)c(C(CC)c2cc(CCC)cc(CCC)c2CCC)c1. The fourth-order valence-corrected chi connectivity index (χ4v) is 5.84. The molecule has 0 saturated heterocycles. The van der Waals surface area contributed by atoms with Crippen LogP contribution in [0, 0.1) is 0 Å². The summed E-state index contributed by atoms with van der Waals surface area (Å²) in [5.74, 6) is 0.521. The molecule has 0 aliphatic rings. The lowest BCUT2D eigenvalue weighted by molar-refractivity contribution is 0.721. The van der Waals surface area contributed by atoms with Gasteiger partial charge in [-0.15, -0.1) is 0 Å². The molecule has 0 amide bonds. The van der Waals surface area contributed by atoms with Crippen LogP contribution in [-0.2, 0) is 38.5 Å². The molecule has 0 atom stereocenters. The van der Waals surface area contributed by atoms with Crippen molar-refractivity contribution < 1.29 is 0 Å². The highest BCUT2D eigenvalue weighted by Gasteiger charge is 2.23. The number of hydrogen-bond donors (Lipinski definition) is 0. The first-order chi connectivity index (χ1) is 16.1. The average Bonchev–Trinajstić information content (AvgIpc) is 2.79. The molecule has 33 heavy (non-hydrogen) atoms. The van der Waals surface area contributed by atoms with Crippen LogP contribution in [0.2, 0.25) is 0 Å². The van der Waals surface area contributed by atoms with Crippen LogP contribution in [0.4, 0.5) is 0 Å². The van der Waals surface area contributed by atoms with Crippen molar-refractivity contribution in [3.05, 3.63) is 68.8 Å². The molecule has 0 saturated carbocycles. The summed E-state index contributed by atoms with van der Waals surface area (Å²) >= 11 is 0. The molecule has 0 bridgehead atoms. The Labute approximate surface area is 206 Å². The highest BCUT2D eigenvalue weighted by molar-refractivity contribution is 5.50. The monoisotopic (exact) mass is 448 g/mol. The molecule has 0 aliphatic carbocycles. The van der Waals surface area contributed by atoms with Gasteiger partial charge in [-0.25, -0.2) is 0 Å². The third-order valence-corrected chi connectivity index (χ3v) is 7.15. The Morgan fingerprint density at radius 2 is 0.818 bits per heavy atom. The minimum atomic E-state index is 0.521. The van der Waals surface area contributed by atoms with E-state index in [-0.39, 0.29) is 0 Å². The third-order valence-electron chi connectivity index (χ3n) is 7.15. The Morgan fingerprint density at radius 3 is 1.12 bits per heavy atom. The van der Waals surface area contributed by atoms with Crippen LogP contribution < -0.4 is 0 Å². The van der Waals surface area contributed by atoms with Gasteiger partial charge in [-0.3, -0.25) is 0 Å². The molecule has 0 spiro atoms. The molecule has 184 valence electrons. The van der Waals surface area contributed by atoms with Gasteiger partial charge in [0.25, 0.3) is 0 Å². The molecule has 2 rings (SSSR count). The van der Waals surface area contributed by atoms with Gasteiger partial charge in [-0.2, -0.15) is 0 Å². The lowest BCUT2D eigenvalue weighted by Crippen LogP contribution is -2.13. The van der Waals surface area contributed by atoms with E-state index >= 15 is 0 Å². The minimum Gasteiger partial charge on any atom is -0.0651 e. The summed E-state index contributed by atoms with van der Waals surface area (Å²) in [6.07, 6.45) is 15.8. The zero-order chi connectivity index (χ0) is 24.2. The van der Waals surface area contributed by atoms with Crippen LogP contribution in [-0.4, -0.2) is 0 Å². The Kier molecular flexibility index (Phi) is 12.3. The van der Waals surface area contributed by atoms with Gasteiger partial charge in [-0.05, 0) is 89.5 Å². The van der Waals surface area contributed by atoms with Gasteiger partial charge in [0.15, 0.2) is 0 Å². The first-order valence-electron chi connectivity index (χ1n) is 14.4. The highest BCUT2D eigenvalue weighted by Crippen LogP contribution is 2.38. The van der Waals surface area contributed by atoms with Crippen LogP contribution in [0.15, 0.2) is 24.3 Å². The maximum absolute atomic E-state index is 2.61. The van der Waals surface area contributed by atoms with E-state index in [9.17, 15) is 0 Å². The highest BCUT2D eigenvalue weighted by atomic mass is 14.3. The second kappa shape index (κ2) is 14.6. The number of benzene rings is 2. The van der Waals surface area contributed by atoms with Crippen molar-refractivity contribution in [1.29, 1.82) is 0 Å². The van der Waals surface area contributed by atoms with Gasteiger partial charge >= 0.3 is 0 Å². The molecular formula is C33H52. The van der Waals surface area contributed by atoms with Crippen LogP contribution in [0.25, 0.3) is 0 Å². The van der Waals surface area contributed by atoms with E-state index in [1.165, 1.54) is 83.5 Å².